The van der Waals surface area contributed by atoms with Crippen LogP contribution in [0, 0.1) is 0 Å². The van der Waals surface area contributed by atoms with Gasteiger partial charge in [0.25, 0.3) is 0 Å². The second kappa shape index (κ2) is 6.49. The smallest absolute Gasteiger partial charge is 0.0779 e. The quantitative estimate of drug-likeness (QED) is 0.872. The Balaban J connectivity index is 1.57. The van der Waals surface area contributed by atoms with Crippen molar-refractivity contribution in [2.24, 2.45) is 0 Å². The summed E-state index contributed by atoms with van der Waals surface area (Å²) >= 11 is 0. The van der Waals surface area contributed by atoms with Gasteiger partial charge in [0.05, 0.1) is 24.4 Å². The van der Waals surface area contributed by atoms with Gasteiger partial charge in [-0.1, -0.05) is 26.7 Å². The van der Waals surface area contributed by atoms with Crippen molar-refractivity contribution in [3.05, 3.63) is 18.0 Å². The maximum Gasteiger partial charge on any atom is 0.0779 e. The highest BCUT2D eigenvalue weighted by Gasteiger charge is 2.42. The highest BCUT2D eigenvalue weighted by atomic mass is 16.5. The molecule has 0 radical (unpaired) electrons. The monoisotopic (exact) mass is 291 g/mol. The maximum absolute atomic E-state index is 6.38. The van der Waals surface area contributed by atoms with Crippen LogP contribution in [0.25, 0.3) is 0 Å². The average molecular weight is 291 g/mol. The Hall–Kier alpha value is -0.870. The molecule has 1 N–H and O–H groups in total. The molecular formula is C17H29N3O. The summed E-state index contributed by atoms with van der Waals surface area (Å²) in [5.41, 5.74) is 1.53. The van der Waals surface area contributed by atoms with Crippen molar-refractivity contribution < 1.29 is 4.74 Å². The molecule has 1 aromatic heterocycles. The van der Waals surface area contributed by atoms with Crippen molar-refractivity contribution in [2.75, 3.05) is 6.54 Å². The second-order valence-electron chi connectivity index (χ2n) is 6.68. The van der Waals surface area contributed by atoms with E-state index in [2.05, 4.69) is 35.1 Å². The zero-order valence-corrected chi connectivity index (χ0v) is 13.5. The van der Waals surface area contributed by atoms with Gasteiger partial charge < -0.3 is 10.1 Å². The van der Waals surface area contributed by atoms with E-state index in [1.165, 1.54) is 44.1 Å². The second-order valence-corrected chi connectivity index (χ2v) is 6.68. The summed E-state index contributed by atoms with van der Waals surface area (Å²) < 4.78 is 8.46. The van der Waals surface area contributed by atoms with E-state index >= 15 is 0 Å². The van der Waals surface area contributed by atoms with Crippen LogP contribution >= 0.6 is 0 Å². The van der Waals surface area contributed by atoms with E-state index in [-0.39, 0.29) is 5.60 Å². The van der Waals surface area contributed by atoms with Crippen molar-refractivity contribution in [2.45, 2.75) is 83.1 Å². The van der Waals surface area contributed by atoms with E-state index in [0.29, 0.717) is 12.1 Å². The van der Waals surface area contributed by atoms with Gasteiger partial charge in [0, 0.05) is 17.8 Å². The third kappa shape index (κ3) is 3.32. The minimum absolute atomic E-state index is 0.233. The maximum atomic E-state index is 6.38. The third-order valence-corrected chi connectivity index (χ3v) is 5.16. The van der Waals surface area contributed by atoms with Gasteiger partial charge in [-0.2, -0.15) is 5.10 Å². The normalized spacial score (nSPS) is 25.7. The van der Waals surface area contributed by atoms with Gasteiger partial charge in [0.15, 0.2) is 0 Å². The fourth-order valence-electron chi connectivity index (χ4n) is 4.02. The summed E-state index contributed by atoms with van der Waals surface area (Å²) in [6, 6.07) is 0.425. The van der Waals surface area contributed by atoms with Crippen molar-refractivity contribution in [3.8, 4) is 0 Å². The van der Waals surface area contributed by atoms with Crippen LogP contribution in [-0.4, -0.2) is 28.0 Å². The van der Waals surface area contributed by atoms with E-state index in [0.717, 1.165) is 19.5 Å². The number of aromatic nitrogens is 2. The first-order valence-corrected chi connectivity index (χ1v) is 8.68. The summed E-state index contributed by atoms with van der Waals surface area (Å²) in [5, 5.41) is 8.05. The predicted molar refractivity (Wildman–Crippen MR) is 84.2 cm³/mol. The lowest BCUT2D eigenvalue weighted by Gasteiger charge is -2.23. The molecule has 4 nitrogen and oxygen atoms in total. The zero-order chi connectivity index (χ0) is 14.7. The highest BCUT2D eigenvalue weighted by molar-refractivity contribution is 5.10. The highest BCUT2D eigenvalue weighted by Crippen LogP contribution is 2.43. The molecule has 2 fully saturated rings. The van der Waals surface area contributed by atoms with E-state index in [1.807, 2.05) is 6.20 Å². The Labute approximate surface area is 128 Å². The Bertz CT molecular complexity index is 451. The Morgan fingerprint density at radius 3 is 2.90 bits per heavy atom. The molecule has 0 aromatic carbocycles. The van der Waals surface area contributed by atoms with Gasteiger partial charge in [-0.3, -0.25) is 4.68 Å². The summed E-state index contributed by atoms with van der Waals surface area (Å²) in [6.45, 7) is 6.28. The lowest BCUT2D eigenvalue weighted by atomic mass is 9.98. The van der Waals surface area contributed by atoms with Gasteiger partial charge in [0.2, 0.25) is 0 Å². The van der Waals surface area contributed by atoms with Gasteiger partial charge in [-0.25, -0.2) is 0 Å². The van der Waals surface area contributed by atoms with Crippen molar-refractivity contribution in [3.63, 3.8) is 0 Å². The zero-order valence-electron chi connectivity index (χ0n) is 13.5. The first-order valence-electron chi connectivity index (χ1n) is 8.68. The SMILES string of the molecule is CCNC(CC)c1cnn(CC2CCC3(CCCC3)O2)c1. The molecule has 1 saturated carbocycles. The van der Waals surface area contributed by atoms with Gasteiger partial charge in [0.1, 0.15) is 0 Å². The summed E-state index contributed by atoms with van der Waals surface area (Å²) in [5.74, 6) is 0. The molecule has 2 heterocycles. The van der Waals surface area contributed by atoms with E-state index in [9.17, 15) is 0 Å². The molecule has 0 amide bonds. The van der Waals surface area contributed by atoms with E-state index in [4.69, 9.17) is 4.74 Å². The van der Waals surface area contributed by atoms with Crippen molar-refractivity contribution >= 4 is 0 Å². The summed E-state index contributed by atoms with van der Waals surface area (Å²) in [6.07, 6.45) is 13.3. The number of nitrogens with zero attached hydrogens (tertiary/aromatic N) is 2. The minimum Gasteiger partial charge on any atom is -0.370 e. The molecular weight excluding hydrogens is 262 g/mol. The first-order chi connectivity index (χ1) is 10.2. The van der Waals surface area contributed by atoms with Crippen LogP contribution in [0.1, 0.15) is 70.4 Å². The molecule has 1 spiro atoms. The number of rotatable bonds is 6. The predicted octanol–water partition coefficient (Wildman–Crippen LogP) is 3.44. The van der Waals surface area contributed by atoms with Crippen LogP contribution in [0.3, 0.4) is 0 Å². The molecule has 4 heteroatoms. The van der Waals surface area contributed by atoms with Crippen molar-refractivity contribution in [1.29, 1.82) is 0 Å². The number of nitrogens with one attached hydrogen (secondary N) is 1. The van der Waals surface area contributed by atoms with Crippen molar-refractivity contribution in [1.82, 2.24) is 15.1 Å². The average Bonchev–Trinajstić information content (AvgIpc) is 3.21. The molecule has 0 bridgehead atoms. The van der Waals surface area contributed by atoms with E-state index in [1.54, 1.807) is 0 Å². The standard InChI is InChI=1S/C17H29N3O/c1-3-16(18-4-2)14-11-19-20(12-14)13-15-7-10-17(21-15)8-5-6-9-17/h11-12,15-16,18H,3-10,13H2,1-2H3. The molecule has 1 aliphatic carbocycles. The van der Waals surface area contributed by atoms with Crippen LogP contribution in [0.15, 0.2) is 12.4 Å². The fraction of sp³-hybridized carbons (Fsp3) is 0.824. The minimum atomic E-state index is 0.233. The topological polar surface area (TPSA) is 39.1 Å². The van der Waals surface area contributed by atoms with Crippen LogP contribution in [0.4, 0.5) is 0 Å². The van der Waals surface area contributed by atoms with Gasteiger partial charge >= 0.3 is 0 Å². The largest absolute Gasteiger partial charge is 0.370 e. The first kappa shape index (κ1) is 15.0. The molecule has 1 saturated heterocycles. The van der Waals surface area contributed by atoms with Gasteiger partial charge in [-0.15, -0.1) is 0 Å². The Morgan fingerprint density at radius 2 is 2.19 bits per heavy atom. The molecule has 1 aliphatic heterocycles. The van der Waals surface area contributed by atoms with E-state index < -0.39 is 0 Å². The van der Waals surface area contributed by atoms with Crippen LogP contribution in [0.2, 0.25) is 0 Å². The fourth-order valence-corrected chi connectivity index (χ4v) is 4.02. The molecule has 2 aliphatic rings. The molecule has 1 aromatic rings. The molecule has 3 rings (SSSR count). The summed E-state index contributed by atoms with van der Waals surface area (Å²) in [4.78, 5) is 0. The Morgan fingerprint density at radius 1 is 1.38 bits per heavy atom. The summed E-state index contributed by atoms with van der Waals surface area (Å²) in [7, 11) is 0. The van der Waals surface area contributed by atoms with Gasteiger partial charge in [-0.05, 0) is 38.6 Å². The number of ether oxygens (including phenoxy) is 1. The molecule has 21 heavy (non-hydrogen) atoms. The number of hydrogen-bond donors (Lipinski definition) is 1. The lowest BCUT2D eigenvalue weighted by molar-refractivity contribution is -0.0429. The third-order valence-electron chi connectivity index (χ3n) is 5.16. The lowest BCUT2D eigenvalue weighted by Crippen LogP contribution is -2.26. The van der Waals surface area contributed by atoms with Crippen LogP contribution in [-0.2, 0) is 11.3 Å². The number of hydrogen-bond acceptors (Lipinski definition) is 3. The molecule has 2 unspecified atom stereocenters. The van der Waals surface area contributed by atoms with Crippen LogP contribution < -0.4 is 5.32 Å². The Kier molecular flexibility index (Phi) is 4.65. The van der Waals surface area contributed by atoms with Crippen LogP contribution in [0.5, 0.6) is 0 Å². The molecule has 2 atom stereocenters. The molecule has 118 valence electrons.